The number of hydrogen-bond acceptors (Lipinski definition) is 3. The number of fused-ring (bicyclic) bond motifs is 1. The van der Waals surface area contributed by atoms with Crippen molar-refractivity contribution >= 4 is 17.7 Å². The average molecular weight is 337 g/mol. The molecular weight excluding hydrogens is 314 g/mol. The van der Waals surface area contributed by atoms with Crippen molar-refractivity contribution in [2.24, 2.45) is 0 Å². The van der Waals surface area contributed by atoms with E-state index in [1.807, 2.05) is 37.3 Å². The van der Waals surface area contributed by atoms with Gasteiger partial charge in [0.2, 0.25) is 5.91 Å². The van der Waals surface area contributed by atoms with Gasteiger partial charge >= 0.3 is 0 Å². The quantitative estimate of drug-likeness (QED) is 0.833. The van der Waals surface area contributed by atoms with Gasteiger partial charge in [0.25, 0.3) is 0 Å². The maximum absolute atomic E-state index is 12.3. The second-order valence-electron chi connectivity index (χ2n) is 6.42. The number of ether oxygens (including phenoxy) is 2. The minimum atomic E-state index is -0.147. The van der Waals surface area contributed by atoms with Crippen LogP contribution in [0, 0.1) is 6.92 Å². The fourth-order valence-electron chi connectivity index (χ4n) is 2.84. The second-order valence-corrected chi connectivity index (χ2v) is 6.42. The Bertz CT molecular complexity index is 809. The number of rotatable bonds is 4. The van der Waals surface area contributed by atoms with Crippen molar-refractivity contribution in [1.82, 2.24) is 0 Å². The number of carbonyl (C=O) groups excluding carboxylic acids is 1. The summed E-state index contributed by atoms with van der Waals surface area (Å²) in [5, 5.41) is 3.01. The third-order valence-electron chi connectivity index (χ3n) is 4.17. The zero-order valence-corrected chi connectivity index (χ0v) is 14.8. The van der Waals surface area contributed by atoms with Crippen LogP contribution in [0.1, 0.15) is 36.5 Å². The summed E-state index contributed by atoms with van der Waals surface area (Å²) in [4.78, 5) is 12.3. The van der Waals surface area contributed by atoms with Crippen molar-refractivity contribution in [2.75, 3.05) is 18.5 Å². The van der Waals surface area contributed by atoms with E-state index in [4.69, 9.17) is 9.47 Å². The van der Waals surface area contributed by atoms with Crippen molar-refractivity contribution in [3.63, 3.8) is 0 Å². The number of benzene rings is 2. The Morgan fingerprint density at radius 3 is 2.64 bits per heavy atom. The highest BCUT2D eigenvalue weighted by molar-refractivity contribution is 6.02. The van der Waals surface area contributed by atoms with E-state index in [2.05, 4.69) is 25.2 Å². The zero-order valence-electron chi connectivity index (χ0n) is 14.8. The Balaban J connectivity index is 1.74. The molecule has 0 radical (unpaired) electrons. The second kappa shape index (κ2) is 7.43. The van der Waals surface area contributed by atoms with Gasteiger partial charge in [-0.05, 0) is 47.7 Å². The fraction of sp³-hybridized carbons (Fsp3) is 0.286. The molecule has 1 heterocycles. The van der Waals surface area contributed by atoms with Crippen LogP contribution in [0.25, 0.3) is 6.08 Å². The minimum Gasteiger partial charge on any atom is -0.486 e. The van der Waals surface area contributed by atoms with Crippen LogP contribution >= 0.6 is 0 Å². The van der Waals surface area contributed by atoms with Crippen molar-refractivity contribution in [1.29, 1.82) is 0 Å². The molecule has 1 N–H and O–H groups in total. The number of anilines is 1. The van der Waals surface area contributed by atoms with Crippen molar-refractivity contribution in [3.05, 3.63) is 59.2 Å². The number of aryl methyl sites for hydroxylation is 1. The Kier molecular flexibility index (Phi) is 5.08. The van der Waals surface area contributed by atoms with E-state index in [1.165, 1.54) is 0 Å². The van der Waals surface area contributed by atoms with Crippen molar-refractivity contribution < 1.29 is 14.3 Å². The van der Waals surface area contributed by atoms with E-state index in [-0.39, 0.29) is 5.91 Å². The molecule has 0 saturated carbocycles. The zero-order chi connectivity index (χ0) is 17.8. The number of nitrogens with one attached hydrogen (secondary N) is 1. The third kappa shape index (κ3) is 4.02. The summed E-state index contributed by atoms with van der Waals surface area (Å²) in [7, 11) is 0. The third-order valence-corrected chi connectivity index (χ3v) is 4.17. The Hall–Kier alpha value is -2.75. The van der Waals surface area contributed by atoms with Crippen molar-refractivity contribution in [2.45, 2.75) is 26.7 Å². The molecule has 4 heteroatoms. The normalized spacial score (nSPS) is 13.3. The van der Waals surface area contributed by atoms with Crippen LogP contribution in [0.15, 0.2) is 42.5 Å². The van der Waals surface area contributed by atoms with E-state index in [0.717, 1.165) is 33.9 Å². The van der Waals surface area contributed by atoms with Gasteiger partial charge in [0, 0.05) is 11.8 Å². The Labute approximate surface area is 148 Å². The number of amides is 1. The lowest BCUT2D eigenvalue weighted by Gasteiger charge is -2.18. The molecule has 0 saturated heterocycles. The summed E-state index contributed by atoms with van der Waals surface area (Å²) < 4.78 is 11.1. The molecule has 0 fully saturated rings. The highest BCUT2D eigenvalue weighted by Crippen LogP contribution is 2.31. The average Bonchev–Trinajstić information content (AvgIpc) is 2.61. The van der Waals surface area contributed by atoms with E-state index in [0.29, 0.717) is 19.1 Å². The minimum absolute atomic E-state index is 0.147. The molecule has 0 aromatic heterocycles. The number of hydrogen-bond donors (Lipinski definition) is 1. The molecule has 25 heavy (non-hydrogen) atoms. The highest BCUT2D eigenvalue weighted by atomic mass is 16.6. The van der Waals surface area contributed by atoms with Gasteiger partial charge in [-0.25, -0.2) is 0 Å². The standard InChI is InChI=1S/C21H23NO3/c1-14(2)17-6-4-5-15(3)21(17)22-20(23)10-8-16-7-9-18-19(13-16)25-12-11-24-18/h4-10,13-14H,11-12H2,1-3H3,(H,22,23)/b10-8+. The molecule has 3 rings (SSSR count). The number of para-hydroxylation sites is 1. The first-order chi connectivity index (χ1) is 12.0. The summed E-state index contributed by atoms with van der Waals surface area (Å²) in [6.07, 6.45) is 3.32. The van der Waals surface area contributed by atoms with Crippen LogP contribution in [0.2, 0.25) is 0 Å². The maximum atomic E-state index is 12.3. The van der Waals surface area contributed by atoms with E-state index >= 15 is 0 Å². The van der Waals surface area contributed by atoms with Gasteiger partial charge in [0.1, 0.15) is 13.2 Å². The van der Waals surface area contributed by atoms with Gasteiger partial charge in [0.05, 0.1) is 0 Å². The van der Waals surface area contributed by atoms with Gasteiger partial charge in [-0.15, -0.1) is 0 Å². The largest absolute Gasteiger partial charge is 0.486 e. The van der Waals surface area contributed by atoms with Crippen LogP contribution in [0.5, 0.6) is 11.5 Å². The summed E-state index contributed by atoms with van der Waals surface area (Å²) in [6, 6.07) is 11.7. The van der Waals surface area contributed by atoms with E-state index in [9.17, 15) is 4.79 Å². The lowest BCUT2D eigenvalue weighted by atomic mass is 9.98. The molecule has 0 atom stereocenters. The molecule has 0 bridgehead atoms. The first kappa shape index (κ1) is 17.1. The molecule has 2 aromatic carbocycles. The van der Waals surface area contributed by atoms with E-state index < -0.39 is 0 Å². The van der Waals surface area contributed by atoms with Gasteiger partial charge in [0.15, 0.2) is 11.5 Å². The summed E-state index contributed by atoms with van der Waals surface area (Å²) in [5.41, 5.74) is 4.00. The first-order valence-corrected chi connectivity index (χ1v) is 8.53. The number of carbonyl (C=O) groups is 1. The molecule has 4 nitrogen and oxygen atoms in total. The molecule has 0 aliphatic carbocycles. The topological polar surface area (TPSA) is 47.6 Å². The van der Waals surface area contributed by atoms with Crippen molar-refractivity contribution in [3.8, 4) is 11.5 Å². The van der Waals surface area contributed by atoms with E-state index in [1.54, 1.807) is 12.2 Å². The SMILES string of the molecule is Cc1cccc(C(C)C)c1NC(=O)/C=C/c1ccc2c(c1)OCCO2. The summed E-state index contributed by atoms with van der Waals surface area (Å²) >= 11 is 0. The molecule has 1 aliphatic rings. The van der Waals surface area contributed by atoms with Gasteiger partial charge in [-0.3, -0.25) is 4.79 Å². The lowest BCUT2D eigenvalue weighted by molar-refractivity contribution is -0.111. The Morgan fingerprint density at radius 2 is 1.88 bits per heavy atom. The summed E-state index contributed by atoms with van der Waals surface area (Å²) in [6.45, 7) is 7.36. The molecule has 130 valence electrons. The van der Waals surface area contributed by atoms with Gasteiger partial charge in [-0.1, -0.05) is 38.1 Å². The molecule has 1 amide bonds. The molecular formula is C21H23NO3. The van der Waals surface area contributed by atoms with Crippen LogP contribution in [-0.4, -0.2) is 19.1 Å². The van der Waals surface area contributed by atoms with Crippen LogP contribution in [-0.2, 0) is 4.79 Å². The first-order valence-electron chi connectivity index (χ1n) is 8.53. The predicted molar refractivity (Wildman–Crippen MR) is 100 cm³/mol. The lowest BCUT2D eigenvalue weighted by Crippen LogP contribution is -2.15. The highest BCUT2D eigenvalue weighted by Gasteiger charge is 2.12. The fourth-order valence-corrected chi connectivity index (χ4v) is 2.84. The summed E-state index contributed by atoms with van der Waals surface area (Å²) in [5.74, 6) is 1.66. The maximum Gasteiger partial charge on any atom is 0.248 e. The molecule has 0 spiro atoms. The molecule has 1 aliphatic heterocycles. The molecule has 0 unspecified atom stereocenters. The predicted octanol–water partition coefficient (Wildman–Crippen LogP) is 4.54. The Morgan fingerprint density at radius 1 is 1.12 bits per heavy atom. The smallest absolute Gasteiger partial charge is 0.248 e. The monoisotopic (exact) mass is 337 g/mol. The van der Waals surface area contributed by atoms with Gasteiger partial charge < -0.3 is 14.8 Å². The van der Waals surface area contributed by atoms with Crippen LogP contribution < -0.4 is 14.8 Å². The molecule has 2 aromatic rings. The van der Waals surface area contributed by atoms with Gasteiger partial charge in [-0.2, -0.15) is 0 Å². The van der Waals surface area contributed by atoms with Crippen LogP contribution in [0.3, 0.4) is 0 Å². The van der Waals surface area contributed by atoms with Crippen LogP contribution in [0.4, 0.5) is 5.69 Å².